The molecule has 1 N–H and O–H groups in total. The van der Waals surface area contributed by atoms with Crippen LogP contribution in [-0.2, 0) is 6.61 Å². The Labute approximate surface area is 106 Å². The van der Waals surface area contributed by atoms with Gasteiger partial charge in [-0.15, -0.1) is 0 Å². The van der Waals surface area contributed by atoms with Crippen LogP contribution in [0.15, 0.2) is 36.4 Å². The van der Waals surface area contributed by atoms with E-state index in [4.69, 9.17) is 4.74 Å². The van der Waals surface area contributed by atoms with Crippen molar-refractivity contribution in [2.75, 3.05) is 0 Å². The third kappa shape index (κ3) is 2.68. The highest BCUT2D eigenvalue weighted by atomic mass is 19.1. The van der Waals surface area contributed by atoms with Crippen LogP contribution in [0.2, 0.25) is 0 Å². The summed E-state index contributed by atoms with van der Waals surface area (Å²) < 4.78 is 18.7. The van der Waals surface area contributed by atoms with Gasteiger partial charge in [-0.2, -0.15) is 0 Å². The number of rotatable bonds is 3. The van der Waals surface area contributed by atoms with Gasteiger partial charge >= 0.3 is 0 Å². The summed E-state index contributed by atoms with van der Waals surface area (Å²) >= 11 is 0. The molecule has 0 saturated heterocycles. The molecule has 0 spiro atoms. The molecule has 0 fully saturated rings. The van der Waals surface area contributed by atoms with E-state index in [0.717, 1.165) is 5.56 Å². The number of ether oxygens (including phenoxy) is 1. The van der Waals surface area contributed by atoms with Gasteiger partial charge in [0.25, 0.3) is 0 Å². The van der Waals surface area contributed by atoms with Crippen molar-refractivity contribution < 1.29 is 14.2 Å². The van der Waals surface area contributed by atoms with Gasteiger partial charge in [-0.25, -0.2) is 4.39 Å². The number of hydrogen-bond donors (Lipinski definition) is 1. The van der Waals surface area contributed by atoms with E-state index in [0.29, 0.717) is 17.1 Å². The van der Waals surface area contributed by atoms with Crippen molar-refractivity contribution in [2.24, 2.45) is 0 Å². The first-order valence-electron chi connectivity index (χ1n) is 5.74. The van der Waals surface area contributed by atoms with Gasteiger partial charge < -0.3 is 9.84 Å². The predicted molar refractivity (Wildman–Crippen MR) is 68.3 cm³/mol. The van der Waals surface area contributed by atoms with Gasteiger partial charge in [-0.05, 0) is 55.3 Å². The third-order valence-electron chi connectivity index (χ3n) is 2.90. The molecule has 0 aliphatic heterocycles. The Morgan fingerprint density at radius 2 is 1.83 bits per heavy atom. The lowest BCUT2D eigenvalue weighted by Gasteiger charge is -2.11. The molecule has 0 aliphatic carbocycles. The van der Waals surface area contributed by atoms with Crippen LogP contribution in [0.1, 0.15) is 16.7 Å². The molecular formula is C15H15FO2. The summed E-state index contributed by atoms with van der Waals surface area (Å²) in [5.41, 5.74) is 2.75. The Bertz CT molecular complexity index is 564. The van der Waals surface area contributed by atoms with Gasteiger partial charge in [0, 0.05) is 5.56 Å². The van der Waals surface area contributed by atoms with E-state index in [1.54, 1.807) is 0 Å². The molecular weight excluding hydrogens is 231 g/mol. The average Bonchev–Trinajstić information content (AvgIpc) is 2.36. The summed E-state index contributed by atoms with van der Waals surface area (Å²) in [6.07, 6.45) is 0. The number of aliphatic hydroxyl groups is 1. The van der Waals surface area contributed by atoms with Gasteiger partial charge in [-0.3, -0.25) is 0 Å². The maximum atomic E-state index is 13.0. The van der Waals surface area contributed by atoms with E-state index in [1.165, 1.54) is 23.8 Å². The van der Waals surface area contributed by atoms with Crippen molar-refractivity contribution in [3.05, 3.63) is 58.9 Å². The Morgan fingerprint density at radius 3 is 2.50 bits per heavy atom. The topological polar surface area (TPSA) is 29.5 Å². The van der Waals surface area contributed by atoms with Gasteiger partial charge in [0.1, 0.15) is 17.3 Å². The third-order valence-corrected chi connectivity index (χ3v) is 2.90. The summed E-state index contributed by atoms with van der Waals surface area (Å²) in [5.74, 6) is 0.771. The van der Waals surface area contributed by atoms with Crippen LogP contribution in [-0.4, -0.2) is 5.11 Å². The van der Waals surface area contributed by atoms with Crippen molar-refractivity contribution >= 4 is 0 Å². The van der Waals surface area contributed by atoms with Crippen LogP contribution in [0.3, 0.4) is 0 Å². The lowest BCUT2D eigenvalue weighted by Crippen LogP contribution is -1.93. The molecule has 0 aliphatic rings. The highest BCUT2D eigenvalue weighted by molar-refractivity contribution is 5.40. The first-order valence-corrected chi connectivity index (χ1v) is 5.74. The second-order valence-corrected chi connectivity index (χ2v) is 4.26. The Morgan fingerprint density at radius 1 is 1.06 bits per heavy atom. The molecule has 0 unspecified atom stereocenters. The summed E-state index contributed by atoms with van der Waals surface area (Å²) in [6, 6.07) is 9.85. The van der Waals surface area contributed by atoms with Crippen LogP contribution >= 0.6 is 0 Å². The number of aliphatic hydroxyl groups excluding tert-OH is 1. The smallest absolute Gasteiger partial charge is 0.133 e. The molecule has 0 aromatic heterocycles. The number of benzene rings is 2. The lowest BCUT2D eigenvalue weighted by atomic mass is 10.1. The molecule has 18 heavy (non-hydrogen) atoms. The summed E-state index contributed by atoms with van der Waals surface area (Å²) in [6.45, 7) is 3.77. The average molecular weight is 246 g/mol. The maximum absolute atomic E-state index is 13.0. The van der Waals surface area contributed by atoms with Crippen LogP contribution in [0.5, 0.6) is 11.5 Å². The van der Waals surface area contributed by atoms with Crippen molar-refractivity contribution in [1.29, 1.82) is 0 Å². The van der Waals surface area contributed by atoms with Crippen LogP contribution < -0.4 is 4.74 Å². The lowest BCUT2D eigenvalue weighted by molar-refractivity contribution is 0.276. The molecule has 0 bridgehead atoms. The minimum atomic E-state index is -0.383. The van der Waals surface area contributed by atoms with Crippen molar-refractivity contribution in [3.63, 3.8) is 0 Å². The van der Waals surface area contributed by atoms with E-state index in [-0.39, 0.29) is 12.4 Å². The monoisotopic (exact) mass is 246 g/mol. The highest BCUT2D eigenvalue weighted by Gasteiger charge is 2.06. The second kappa shape index (κ2) is 5.19. The molecule has 2 aromatic carbocycles. The zero-order chi connectivity index (χ0) is 13.1. The number of halogens is 1. The second-order valence-electron chi connectivity index (χ2n) is 4.26. The first-order chi connectivity index (χ1) is 8.60. The molecule has 0 radical (unpaired) electrons. The maximum Gasteiger partial charge on any atom is 0.133 e. The minimum absolute atomic E-state index is 0.252. The molecule has 94 valence electrons. The van der Waals surface area contributed by atoms with E-state index in [1.807, 2.05) is 32.0 Å². The van der Waals surface area contributed by atoms with Crippen LogP contribution in [0.4, 0.5) is 4.39 Å². The van der Waals surface area contributed by atoms with E-state index < -0.39 is 0 Å². The predicted octanol–water partition coefficient (Wildman–Crippen LogP) is 3.73. The fraction of sp³-hybridized carbons (Fsp3) is 0.200. The van der Waals surface area contributed by atoms with Gasteiger partial charge in [0.2, 0.25) is 0 Å². The van der Waals surface area contributed by atoms with Crippen molar-refractivity contribution in [3.8, 4) is 11.5 Å². The summed E-state index contributed by atoms with van der Waals surface area (Å²) in [4.78, 5) is 0. The molecule has 2 nitrogen and oxygen atoms in total. The fourth-order valence-electron chi connectivity index (χ4n) is 1.68. The molecule has 0 heterocycles. The Hall–Kier alpha value is -1.87. The van der Waals surface area contributed by atoms with Crippen molar-refractivity contribution in [2.45, 2.75) is 20.5 Å². The van der Waals surface area contributed by atoms with Gasteiger partial charge in [0.15, 0.2) is 0 Å². The Kier molecular flexibility index (Phi) is 3.63. The van der Waals surface area contributed by atoms with E-state index in [9.17, 15) is 9.50 Å². The van der Waals surface area contributed by atoms with Crippen LogP contribution in [0, 0.1) is 19.7 Å². The zero-order valence-corrected chi connectivity index (χ0v) is 10.4. The van der Waals surface area contributed by atoms with Gasteiger partial charge in [0.05, 0.1) is 6.61 Å². The normalized spacial score (nSPS) is 10.4. The first kappa shape index (κ1) is 12.6. The molecule has 0 saturated carbocycles. The summed E-state index contributed by atoms with van der Waals surface area (Å²) in [7, 11) is 0. The molecule has 2 aromatic rings. The standard InChI is InChI=1S/C15H15FO2/c1-10-3-5-14(7-11(10)2)18-15-6-4-13(16)8-12(15)9-17/h3-8,17H,9H2,1-2H3. The Balaban J connectivity index is 2.30. The van der Waals surface area contributed by atoms with Crippen LogP contribution in [0.25, 0.3) is 0 Å². The quantitative estimate of drug-likeness (QED) is 0.894. The van der Waals surface area contributed by atoms with E-state index >= 15 is 0 Å². The van der Waals surface area contributed by atoms with E-state index in [2.05, 4.69) is 0 Å². The highest BCUT2D eigenvalue weighted by Crippen LogP contribution is 2.27. The fourth-order valence-corrected chi connectivity index (χ4v) is 1.68. The molecule has 3 heteroatoms. The SMILES string of the molecule is Cc1ccc(Oc2ccc(F)cc2CO)cc1C. The van der Waals surface area contributed by atoms with Crippen molar-refractivity contribution in [1.82, 2.24) is 0 Å². The number of hydrogen-bond acceptors (Lipinski definition) is 2. The molecule has 2 rings (SSSR count). The minimum Gasteiger partial charge on any atom is -0.457 e. The van der Waals surface area contributed by atoms with Gasteiger partial charge in [-0.1, -0.05) is 6.07 Å². The number of aryl methyl sites for hydroxylation is 2. The summed E-state index contributed by atoms with van der Waals surface area (Å²) in [5, 5.41) is 9.17. The molecule has 0 amide bonds. The molecule has 0 atom stereocenters. The largest absolute Gasteiger partial charge is 0.457 e. The zero-order valence-electron chi connectivity index (χ0n) is 10.4.